The summed E-state index contributed by atoms with van der Waals surface area (Å²) in [7, 11) is 0. The number of fused-ring (bicyclic) bond motifs is 6. The number of nitrogens with zero attached hydrogens (tertiary/aromatic N) is 2. The first-order chi connectivity index (χ1) is 20.3. The van der Waals surface area contributed by atoms with Crippen molar-refractivity contribution in [3.05, 3.63) is 141 Å². The second kappa shape index (κ2) is 9.34. The zero-order valence-electron chi connectivity index (χ0n) is 22.6. The van der Waals surface area contributed by atoms with Crippen LogP contribution >= 0.6 is 0 Å². The molecule has 1 saturated heterocycles. The molecule has 3 aliphatic heterocycles. The molecule has 3 heterocycles. The summed E-state index contributed by atoms with van der Waals surface area (Å²) >= 11 is 0. The number of ketones is 2. The predicted octanol–water partition coefficient (Wildman–Crippen LogP) is 5.76. The van der Waals surface area contributed by atoms with Crippen molar-refractivity contribution in [3.8, 4) is 0 Å². The molecule has 42 heavy (non-hydrogen) atoms. The number of nitro groups is 1. The van der Waals surface area contributed by atoms with Gasteiger partial charge in [0.2, 0.25) is 5.91 Å². The van der Waals surface area contributed by atoms with E-state index in [1.807, 2.05) is 66.4 Å². The number of non-ortho nitro benzene ring substituents is 1. The summed E-state index contributed by atoms with van der Waals surface area (Å²) in [5.41, 5.74) is 2.55. The number of nitrogens with one attached hydrogen (secondary N) is 1. The average molecular weight is 556 g/mol. The number of rotatable bonds is 5. The second-order valence-corrected chi connectivity index (χ2v) is 11.0. The molecule has 4 aromatic rings. The van der Waals surface area contributed by atoms with Crippen LogP contribution in [0.1, 0.15) is 37.4 Å². The maximum Gasteiger partial charge on any atom is 0.270 e. The molecule has 0 saturated carbocycles. The van der Waals surface area contributed by atoms with Crippen molar-refractivity contribution in [1.82, 2.24) is 0 Å². The quantitative estimate of drug-likeness (QED) is 0.191. The highest BCUT2D eigenvalue weighted by atomic mass is 16.6. The summed E-state index contributed by atoms with van der Waals surface area (Å²) in [5, 5.41) is 14.6. The Morgan fingerprint density at radius 2 is 1.62 bits per heavy atom. The van der Waals surface area contributed by atoms with Gasteiger partial charge >= 0.3 is 0 Å². The minimum atomic E-state index is -1.48. The van der Waals surface area contributed by atoms with Gasteiger partial charge < -0.3 is 10.2 Å². The number of benzene rings is 4. The van der Waals surface area contributed by atoms with Gasteiger partial charge in [0.1, 0.15) is 11.5 Å². The Morgan fingerprint density at radius 3 is 2.40 bits per heavy atom. The molecular weight excluding hydrogens is 530 g/mol. The summed E-state index contributed by atoms with van der Waals surface area (Å²) in [6.45, 7) is 1.96. The van der Waals surface area contributed by atoms with Crippen molar-refractivity contribution in [2.75, 3.05) is 10.2 Å². The number of aryl methyl sites for hydroxylation is 1. The predicted molar refractivity (Wildman–Crippen MR) is 159 cm³/mol. The Balaban J connectivity index is 1.54. The highest BCUT2D eigenvalue weighted by molar-refractivity contribution is 6.18. The molecule has 4 aromatic carbocycles. The number of hydrogen-bond acceptors (Lipinski definition) is 6. The van der Waals surface area contributed by atoms with Crippen LogP contribution in [-0.2, 0) is 10.2 Å². The standard InChI is InChI=1S/C34H25N3O5/c1-20-14-15-21-16-17-28-34(25-12-5-6-13-26(25)35-33(34)40)29(31(38)23-10-7-11-24(19-23)37(41)42)30(36(28)27(21)18-20)32(39)22-8-3-2-4-9-22/h2-19,28-30H,1H3,(H,35,40)/t28-,29+,30+,34-/m0/s1. The average Bonchev–Trinajstić information content (AvgIpc) is 3.49. The lowest BCUT2D eigenvalue weighted by Gasteiger charge is -2.37. The van der Waals surface area contributed by atoms with E-state index in [0.29, 0.717) is 16.8 Å². The first kappa shape index (κ1) is 25.6. The smallest absolute Gasteiger partial charge is 0.270 e. The lowest BCUT2D eigenvalue weighted by Crippen LogP contribution is -2.51. The molecule has 0 aromatic heterocycles. The third-order valence-corrected chi connectivity index (χ3v) is 8.74. The van der Waals surface area contributed by atoms with Crippen LogP contribution in [0.3, 0.4) is 0 Å². The number of amides is 1. The number of anilines is 2. The van der Waals surface area contributed by atoms with Crippen molar-refractivity contribution in [2.24, 2.45) is 5.92 Å². The molecule has 0 aliphatic carbocycles. The van der Waals surface area contributed by atoms with Crippen LogP contribution in [0.4, 0.5) is 17.1 Å². The van der Waals surface area contributed by atoms with Gasteiger partial charge in [-0.2, -0.15) is 0 Å². The van der Waals surface area contributed by atoms with Gasteiger partial charge in [-0.1, -0.05) is 84.9 Å². The summed E-state index contributed by atoms with van der Waals surface area (Å²) in [6.07, 6.45) is 3.85. The maximum absolute atomic E-state index is 14.8. The highest BCUT2D eigenvalue weighted by Gasteiger charge is 2.70. The van der Waals surface area contributed by atoms with Gasteiger partial charge in [-0.15, -0.1) is 0 Å². The van der Waals surface area contributed by atoms with Gasteiger partial charge in [0.05, 0.1) is 16.9 Å². The fraction of sp³-hybridized carbons (Fsp3) is 0.147. The zero-order valence-corrected chi connectivity index (χ0v) is 22.6. The summed E-state index contributed by atoms with van der Waals surface area (Å²) in [6, 6.07) is 25.7. The van der Waals surface area contributed by atoms with E-state index >= 15 is 0 Å². The molecular formula is C34H25N3O5. The van der Waals surface area contributed by atoms with Crippen molar-refractivity contribution >= 4 is 40.6 Å². The molecule has 1 fully saturated rings. The second-order valence-electron chi connectivity index (χ2n) is 11.0. The van der Waals surface area contributed by atoms with E-state index in [4.69, 9.17) is 0 Å². The van der Waals surface area contributed by atoms with E-state index in [0.717, 1.165) is 16.8 Å². The number of carbonyl (C=O) groups excluding carboxylic acids is 3. The zero-order chi connectivity index (χ0) is 29.2. The number of para-hydroxylation sites is 1. The van der Waals surface area contributed by atoms with Crippen LogP contribution < -0.4 is 10.2 Å². The Kier molecular flexibility index (Phi) is 5.69. The Morgan fingerprint density at radius 1 is 0.881 bits per heavy atom. The number of nitro benzene ring substituents is 1. The topological polar surface area (TPSA) is 110 Å². The Bertz CT molecular complexity index is 1850. The van der Waals surface area contributed by atoms with E-state index in [-0.39, 0.29) is 22.9 Å². The molecule has 8 heteroatoms. The van der Waals surface area contributed by atoms with Crippen molar-refractivity contribution in [2.45, 2.75) is 24.4 Å². The SMILES string of the molecule is Cc1ccc2c(c1)N1[C@@H](C=C2)[C@]2(C(=O)Nc3ccccc32)[C@@H](C(=O)c2cccc([N+](=O)[O-])c2)[C@@H]1C(=O)c1ccccc1. The Hall–Kier alpha value is -5.37. The van der Waals surface area contributed by atoms with Crippen LogP contribution in [-0.4, -0.2) is 34.5 Å². The fourth-order valence-corrected chi connectivity index (χ4v) is 7.00. The fourth-order valence-electron chi connectivity index (χ4n) is 7.00. The van der Waals surface area contributed by atoms with Crippen LogP contribution in [0.25, 0.3) is 6.08 Å². The molecule has 1 N–H and O–H groups in total. The van der Waals surface area contributed by atoms with E-state index in [9.17, 15) is 24.5 Å². The molecule has 1 spiro atoms. The third kappa shape index (κ3) is 3.51. The van der Waals surface area contributed by atoms with E-state index in [1.54, 1.807) is 30.3 Å². The van der Waals surface area contributed by atoms with Gasteiger partial charge in [0.25, 0.3) is 5.69 Å². The van der Waals surface area contributed by atoms with E-state index in [1.165, 1.54) is 24.3 Å². The van der Waals surface area contributed by atoms with Crippen molar-refractivity contribution < 1.29 is 19.3 Å². The van der Waals surface area contributed by atoms with Gasteiger partial charge in [0.15, 0.2) is 11.6 Å². The molecule has 206 valence electrons. The summed E-state index contributed by atoms with van der Waals surface area (Å²) < 4.78 is 0. The molecule has 0 unspecified atom stereocenters. The van der Waals surface area contributed by atoms with Gasteiger partial charge in [0, 0.05) is 34.6 Å². The summed E-state index contributed by atoms with van der Waals surface area (Å²) in [5.74, 6) is -2.39. The molecule has 3 aliphatic rings. The molecule has 7 rings (SSSR count). The molecule has 0 radical (unpaired) electrons. The lowest BCUT2D eigenvalue weighted by atomic mass is 9.64. The molecule has 1 amide bonds. The molecule has 8 nitrogen and oxygen atoms in total. The minimum absolute atomic E-state index is 0.0740. The van der Waals surface area contributed by atoms with Crippen LogP contribution in [0.5, 0.6) is 0 Å². The molecule has 0 bridgehead atoms. The van der Waals surface area contributed by atoms with Crippen LogP contribution in [0.15, 0.2) is 103 Å². The third-order valence-electron chi connectivity index (χ3n) is 8.74. The van der Waals surface area contributed by atoms with Gasteiger partial charge in [-0.25, -0.2) is 0 Å². The van der Waals surface area contributed by atoms with Crippen LogP contribution in [0.2, 0.25) is 0 Å². The molecule has 4 atom stereocenters. The van der Waals surface area contributed by atoms with Gasteiger partial charge in [-0.3, -0.25) is 24.5 Å². The normalized spacial score (nSPS) is 23.2. The van der Waals surface area contributed by atoms with Gasteiger partial charge in [-0.05, 0) is 35.7 Å². The Labute approximate surface area is 241 Å². The summed E-state index contributed by atoms with van der Waals surface area (Å²) in [4.78, 5) is 56.8. The number of carbonyl (C=O) groups is 3. The maximum atomic E-state index is 14.8. The van der Waals surface area contributed by atoms with Crippen LogP contribution in [0, 0.1) is 23.0 Å². The van der Waals surface area contributed by atoms with Crippen molar-refractivity contribution in [3.63, 3.8) is 0 Å². The van der Waals surface area contributed by atoms with E-state index in [2.05, 4.69) is 5.32 Å². The number of hydrogen-bond donors (Lipinski definition) is 1. The van der Waals surface area contributed by atoms with E-state index < -0.39 is 34.1 Å². The number of Topliss-reactive ketones (excluding diaryl/α,β-unsaturated/α-hetero) is 2. The lowest BCUT2D eigenvalue weighted by molar-refractivity contribution is -0.384. The first-order valence-corrected chi connectivity index (χ1v) is 13.7. The monoisotopic (exact) mass is 555 g/mol. The first-order valence-electron chi connectivity index (χ1n) is 13.7. The van der Waals surface area contributed by atoms with Crippen molar-refractivity contribution in [1.29, 1.82) is 0 Å². The minimum Gasteiger partial charge on any atom is -0.352 e. The highest BCUT2D eigenvalue weighted by Crippen LogP contribution is 2.58. The largest absolute Gasteiger partial charge is 0.352 e.